The Morgan fingerprint density at radius 2 is 1.79 bits per heavy atom. The van der Waals surface area contributed by atoms with Gasteiger partial charge in [-0.3, -0.25) is 9.78 Å². The summed E-state index contributed by atoms with van der Waals surface area (Å²) in [4.78, 5) is 20.5. The maximum atomic E-state index is 12.3. The summed E-state index contributed by atoms with van der Waals surface area (Å²) in [5, 5.41) is 2.80. The summed E-state index contributed by atoms with van der Waals surface area (Å²) >= 11 is 0. The smallest absolute Gasteiger partial charge is 0.256 e. The predicted molar refractivity (Wildman–Crippen MR) is 91.9 cm³/mol. The Kier molecular flexibility index (Phi) is 4.81. The van der Waals surface area contributed by atoms with Crippen LogP contribution in [0.4, 0.5) is 5.82 Å². The molecule has 3 rings (SSSR count). The van der Waals surface area contributed by atoms with E-state index in [4.69, 9.17) is 4.74 Å². The van der Waals surface area contributed by atoms with Crippen molar-refractivity contribution in [3.05, 3.63) is 83.8 Å². The molecule has 0 unspecified atom stereocenters. The first-order chi connectivity index (χ1) is 11.7. The van der Waals surface area contributed by atoms with E-state index in [1.807, 2.05) is 31.2 Å². The average molecular weight is 319 g/mol. The van der Waals surface area contributed by atoms with Crippen molar-refractivity contribution in [1.29, 1.82) is 0 Å². The fraction of sp³-hybridized carbons (Fsp3) is 0.105. The number of carbonyl (C=O) groups excluding carboxylic acids is 1. The molecule has 0 spiro atoms. The molecule has 1 N–H and O–H groups in total. The molecular weight excluding hydrogens is 302 g/mol. The van der Waals surface area contributed by atoms with Gasteiger partial charge in [0.1, 0.15) is 6.61 Å². The number of hydrogen-bond donors (Lipinski definition) is 1. The van der Waals surface area contributed by atoms with E-state index in [1.54, 1.807) is 42.9 Å². The van der Waals surface area contributed by atoms with E-state index in [-0.39, 0.29) is 5.91 Å². The molecule has 0 bridgehead atoms. The Hall–Kier alpha value is -3.21. The van der Waals surface area contributed by atoms with Gasteiger partial charge in [-0.15, -0.1) is 0 Å². The lowest BCUT2D eigenvalue weighted by Crippen LogP contribution is -2.14. The first-order valence-corrected chi connectivity index (χ1v) is 7.57. The minimum atomic E-state index is -0.220. The van der Waals surface area contributed by atoms with Crippen molar-refractivity contribution in [2.45, 2.75) is 13.5 Å². The molecule has 24 heavy (non-hydrogen) atoms. The van der Waals surface area contributed by atoms with Crippen LogP contribution in [-0.2, 0) is 6.61 Å². The fourth-order valence-corrected chi connectivity index (χ4v) is 2.13. The molecule has 2 aromatic heterocycles. The fourth-order valence-electron chi connectivity index (χ4n) is 2.13. The highest BCUT2D eigenvalue weighted by molar-refractivity contribution is 6.04. The third-order valence-electron chi connectivity index (χ3n) is 3.46. The topological polar surface area (TPSA) is 64.1 Å². The van der Waals surface area contributed by atoms with Gasteiger partial charge in [0.05, 0.1) is 0 Å². The Labute approximate surface area is 140 Å². The number of amides is 1. The number of ether oxygens (including phenoxy) is 1. The zero-order chi connectivity index (χ0) is 16.8. The van der Waals surface area contributed by atoms with Crippen molar-refractivity contribution in [2.75, 3.05) is 5.32 Å². The van der Waals surface area contributed by atoms with Gasteiger partial charge in [0.2, 0.25) is 0 Å². The molecule has 0 fully saturated rings. The number of hydrogen-bond acceptors (Lipinski definition) is 4. The van der Waals surface area contributed by atoms with Crippen molar-refractivity contribution in [3.63, 3.8) is 0 Å². The number of nitrogens with one attached hydrogen (secondary N) is 1. The number of benzene rings is 1. The van der Waals surface area contributed by atoms with E-state index in [0.29, 0.717) is 23.7 Å². The largest absolute Gasteiger partial charge is 0.485 e. The predicted octanol–water partition coefficient (Wildman–Crippen LogP) is 3.62. The summed E-state index contributed by atoms with van der Waals surface area (Å²) in [6, 6.07) is 14.7. The molecule has 2 heterocycles. The SMILES string of the molecule is Cc1ccc(C(=O)Nc2ncccc2OCc2ccncc2)cc1. The highest BCUT2D eigenvalue weighted by Crippen LogP contribution is 2.22. The molecule has 0 aliphatic rings. The standard InChI is InChI=1S/C19H17N3O2/c1-14-4-6-16(7-5-14)19(23)22-18-17(3-2-10-21-18)24-13-15-8-11-20-12-9-15/h2-12H,13H2,1H3,(H,21,22,23). The molecular formula is C19H17N3O2. The Morgan fingerprint density at radius 1 is 1.04 bits per heavy atom. The van der Waals surface area contributed by atoms with Crippen LogP contribution in [0.25, 0.3) is 0 Å². The van der Waals surface area contributed by atoms with Gasteiger partial charge >= 0.3 is 0 Å². The quantitative estimate of drug-likeness (QED) is 0.780. The summed E-state index contributed by atoms with van der Waals surface area (Å²) < 4.78 is 5.77. The van der Waals surface area contributed by atoms with Gasteiger partial charge in [0.25, 0.3) is 5.91 Å². The number of carbonyl (C=O) groups is 1. The molecule has 1 amide bonds. The second-order valence-electron chi connectivity index (χ2n) is 5.31. The van der Waals surface area contributed by atoms with Crippen molar-refractivity contribution in [1.82, 2.24) is 9.97 Å². The lowest BCUT2D eigenvalue weighted by atomic mass is 10.1. The van der Waals surface area contributed by atoms with Gasteiger partial charge < -0.3 is 10.1 Å². The van der Waals surface area contributed by atoms with Gasteiger partial charge in [0, 0.05) is 24.2 Å². The van der Waals surface area contributed by atoms with Gasteiger partial charge in [0.15, 0.2) is 11.6 Å². The van der Waals surface area contributed by atoms with E-state index in [0.717, 1.165) is 11.1 Å². The van der Waals surface area contributed by atoms with Crippen LogP contribution < -0.4 is 10.1 Å². The molecule has 1 aromatic carbocycles. The minimum absolute atomic E-state index is 0.220. The molecule has 0 radical (unpaired) electrons. The summed E-state index contributed by atoms with van der Waals surface area (Å²) in [5.74, 6) is 0.703. The first-order valence-electron chi connectivity index (χ1n) is 7.57. The maximum Gasteiger partial charge on any atom is 0.256 e. The third kappa shape index (κ3) is 3.95. The molecule has 0 atom stereocenters. The number of anilines is 1. The molecule has 5 nitrogen and oxygen atoms in total. The maximum absolute atomic E-state index is 12.3. The monoisotopic (exact) mass is 319 g/mol. The molecule has 3 aromatic rings. The molecule has 0 saturated carbocycles. The molecule has 0 aliphatic heterocycles. The summed E-state index contributed by atoms with van der Waals surface area (Å²) in [7, 11) is 0. The number of nitrogens with zero attached hydrogens (tertiary/aromatic N) is 2. The summed E-state index contributed by atoms with van der Waals surface area (Å²) in [6.45, 7) is 2.35. The number of aryl methyl sites for hydroxylation is 1. The summed E-state index contributed by atoms with van der Waals surface area (Å²) in [5.41, 5.74) is 2.67. The van der Waals surface area contributed by atoms with Crippen LogP contribution in [0.1, 0.15) is 21.5 Å². The lowest BCUT2D eigenvalue weighted by molar-refractivity contribution is 0.102. The lowest BCUT2D eigenvalue weighted by Gasteiger charge is -2.11. The Balaban J connectivity index is 1.71. The van der Waals surface area contributed by atoms with Crippen molar-refractivity contribution in [2.24, 2.45) is 0 Å². The number of aromatic nitrogens is 2. The summed E-state index contributed by atoms with van der Waals surface area (Å²) in [6.07, 6.45) is 5.04. The van der Waals surface area contributed by atoms with Gasteiger partial charge in [-0.05, 0) is 48.9 Å². The van der Waals surface area contributed by atoms with E-state index in [9.17, 15) is 4.79 Å². The van der Waals surface area contributed by atoms with Gasteiger partial charge in [-0.2, -0.15) is 0 Å². The second-order valence-corrected chi connectivity index (χ2v) is 5.31. The highest BCUT2D eigenvalue weighted by atomic mass is 16.5. The molecule has 120 valence electrons. The third-order valence-corrected chi connectivity index (χ3v) is 3.46. The Bertz CT molecular complexity index is 818. The van der Waals surface area contributed by atoms with Crippen LogP contribution in [0.15, 0.2) is 67.1 Å². The zero-order valence-electron chi connectivity index (χ0n) is 13.3. The minimum Gasteiger partial charge on any atom is -0.485 e. The Morgan fingerprint density at radius 3 is 2.54 bits per heavy atom. The molecule has 5 heteroatoms. The van der Waals surface area contributed by atoms with Crippen molar-refractivity contribution < 1.29 is 9.53 Å². The molecule has 0 aliphatic carbocycles. The highest BCUT2D eigenvalue weighted by Gasteiger charge is 2.11. The van der Waals surface area contributed by atoms with Gasteiger partial charge in [-0.1, -0.05) is 17.7 Å². The van der Waals surface area contributed by atoms with Crippen LogP contribution >= 0.6 is 0 Å². The van der Waals surface area contributed by atoms with Crippen LogP contribution in [0.5, 0.6) is 5.75 Å². The zero-order valence-corrected chi connectivity index (χ0v) is 13.3. The van der Waals surface area contributed by atoms with Crippen LogP contribution in [0.2, 0.25) is 0 Å². The van der Waals surface area contributed by atoms with E-state index in [2.05, 4.69) is 15.3 Å². The van der Waals surface area contributed by atoms with E-state index < -0.39 is 0 Å². The molecule has 0 saturated heterocycles. The normalized spacial score (nSPS) is 10.2. The second kappa shape index (κ2) is 7.37. The van der Waals surface area contributed by atoms with Crippen LogP contribution in [-0.4, -0.2) is 15.9 Å². The number of rotatable bonds is 5. The average Bonchev–Trinajstić information content (AvgIpc) is 2.62. The van der Waals surface area contributed by atoms with Crippen LogP contribution in [0, 0.1) is 6.92 Å². The van der Waals surface area contributed by atoms with Gasteiger partial charge in [-0.25, -0.2) is 4.98 Å². The van der Waals surface area contributed by atoms with Crippen molar-refractivity contribution in [3.8, 4) is 5.75 Å². The van der Waals surface area contributed by atoms with E-state index in [1.165, 1.54) is 0 Å². The first kappa shape index (κ1) is 15.7. The number of pyridine rings is 2. The van der Waals surface area contributed by atoms with E-state index >= 15 is 0 Å². The van der Waals surface area contributed by atoms with Crippen molar-refractivity contribution >= 4 is 11.7 Å². The van der Waals surface area contributed by atoms with Crippen LogP contribution in [0.3, 0.4) is 0 Å².